The summed E-state index contributed by atoms with van der Waals surface area (Å²) in [5.74, 6) is -3.12. The predicted molar refractivity (Wildman–Crippen MR) is 160 cm³/mol. The molecule has 0 radical (unpaired) electrons. The van der Waals surface area contributed by atoms with E-state index in [2.05, 4.69) is 11.9 Å². The summed E-state index contributed by atoms with van der Waals surface area (Å²) >= 11 is 0. The molecule has 2 saturated heterocycles. The van der Waals surface area contributed by atoms with Crippen LogP contribution in [0, 0.1) is 17.6 Å². The zero-order valence-electron chi connectivity index (χ0n) is 25.4. The Bertz CT molecular complexity index is 1360. The van der Waals surface area contributed by atoms with Gasteiger partial charge in [-0.05, 0) is 56.9 Å². The molecular formula is C33H40F2N4O5. The minimum absolute atomic E-state index is 0.0118. The molecule has 0 bridgehead atoms. The van der Waals surface area contributed by atoms with E-state index < -0.39 is 47.2 Å². The van der Waals surface area contributed by atoms with Gasteiger partial charge in [0, 0.05) is 51.3 Å². The van der Waals surface area contributed by atoms with Crippen LogP contribution in [0.15, 0.2) is 61.2 Å². The molecule has 2 aliphatic heterocycles. The average Bonchev–Trinajstić information content (AvgIpc) is 3.30. The fraction of sp³-hybridized carbons (Fsp3) is 0.455. The Hall–Kier alpha value is -4.28. The molecule has 2 unspecified atom stereocenters. The molecule has 236 valence electrons. The van der Waals surface area contributed by atoms with Crippen LogP contribution in [0.4, 0.5) is 13.6 Å². The van der Waals surface area contributed by atoms with Gasteiger partial charge < -0.3 is 19.9 Å². The molecule has 0 aromatic heterocycles. The van der Waals surface area contributed by atoms with E-state index >= 15 is 0 Å². The molecule has 0 saturated carbocycles. The van der Waals surface area contributed by atoms with Crippen molar-refractivity contribution in [3.63, 3.8) is 0 Å². The van der Waals surface area contributed by atoms with Crippen molar-refractivity contribution in [2.75, 3.05) is 26.2 Å². The van der Waals surface area contributed by atoms with E-state index in [0.717, 1.165) is 11.6 Å². The molecule has 9 nitrogen and oxygen atoms in total. The first-order valence-electron chi connectivity index (χ1n) is 14.8. The van der Waals surface area contributed by atoms with Gasteiger partial charge in [0.05, 0.1) is 5.92 Å². The smallest absolute Gasteiger partial charge is 0.411 e. The number of hydrogen-bond acceptors (Lipinski definition) is 5. The zero-order valence-corrected chi connectivity index (χ0v) is 25.4. The molecule has 2 fully saturated rings. The average molecular weight is 611 g/mol. The van der Waals surface area contributed by atoms with E-state index in [1.807, 2.05) is 30.3 Å². The van der Waals surface area contributed by atoms with Gasteiger partial charge in [0.15, 0.2) is 0 Å². The van der Waals surface area contributed by atoms with E-state index in [-0.39, 0.29) is 56.3 Å². The van der Waals surface area contributed by atoms with Gasteiger partial charge in [-0.3, -0.25) is 19.3 Å². The van der Waals surface area contributed by atoms with Crippen molar-refractivity contribution in [2.24, 2.45) is 5.92 Å². The largest absolute Gasteiger partial charge is 0.444 e. The first kappa shape index (κ1) is 32.6. The first-order valence-corrected chi connectivity index (χ1v) is 14.8. The van der Waals surface area contributed by atoms with Gasteiger partial charge in [-0.1, -0.05) is 36.4 Å². The lowest BCUT2D eigenvalue weighted by atomic mass is 9.95. The SMILES string of the molecule is C=CCN1CC(C(=O)NC(Cc2cc(F)cc(F)c2)C[C@H]2C(=O)N(Cc3ccccc3)CCN2C(=O)OC(C)(C)C)CC1=O. The Morgan fingerprint density at radius 3 is 2.36 bits per heavy atom. The van der Waals surface area contributed by atoms with Crippen LogP contribution < -0.4 is 5.32 Å². The topological polar surface area (TPSA) is 99.3 Å². The number of ether oxygens (including phenoxy) is 1. The van der Waals surface area contributed by atoms with Gasteiger partial charge in [0.1, 0.15) is 23.3 Å². The minimum Gasteiger partial charge on any atom is -0.444 e. The Morgan fingerprint density at radius 1 is 1.05 bits per heavy atom. The van der Waals surface area contributed by atoms with Gasteiger partial charge in [-0.2, -0.15) is 0 Å². The Morgan fingerprint density at radius 2 is 1.73 bits per heavy atom. The highest BCUT2D eigenvalue weighted by Gasteiger charge is 2.42. The van der Waals surface area contributed by atoms with E-state index in [1.165, 1.54) is 21.9 Å². The quantitative estimate of drug-likeness (QED) is 0.409. The van der Waals surface area contributed by atoms with Crippen LogP contribution in [0.3, 0.4) is 0 Å². The Kier molecular flexibility index (Phi) is 10.4. The van der Waals surface area contributed by atoms with Crippen molar-refractivity contribution in [2.45, 2.75) is 64.3 Å². The van der Waals surface area contributed by atoms with E-state index in [1.54, 1.807) is 31.7 Å². The predicted octanol–water partition coefficient (Wildman–Crippen LogP) is 4.06. The molecule has 4 rings (SSSR count). The molecule has 2 aromatic rings. The summed E-state index contributed by atoms with van der Waals surface area (Å²) in [5.41, 5.74) is 0.377. The second-order valence-electron chi connectivity index (χ2n) is 12.3. The highest BCUT2D eigenvalue weighted by atomic mass is 19.1. The molecule has 2 heterocycles. The molecule has 44 heavy (non-hydrogen) atoms. The maximum atomic E-state index is 14.1. The lowest BCUT2D eigenvalue weighted by Gasteiger charge is -2.42. The number of nitrogens with zero attached hydrogens (tertiary/aromatic N) is 3. The lowest BCUT2D eigenvalue weighted by Crippen LogP contribution is -2.60. The standard InChI is InChI=1S/C33H40F2N4O5/c1-5-11-37-21-24(17-29(37)40)30(41)36-27(16-23-14-25(34)18-26(35)15-23)19-28-31(42)38(20-22-9-7-6-8-10-22)12-13-39(28)32(43)44-33(2,3)4/h5-10,14-15,18,24,27-28H,1,11-13,16-17,19-21H2,2-4H3,(H,36,41)/t24?,27?,28-/m0/s1. The zero-order chi connectivity index (χ0) is 32.0. The lowest BCUT2D eigenvalue weighted by molar-refractivity contribution is -0.143. The third kappa shape index (κ3) is 8.64. The molecular weight excluding hydrogens is 570 g/mol. The number of carbonyl (C=O) groups excluding carboxylic acids is 4. The van der Waals surface area contributed by atoms with Crippen LogP contribution >= 0.6 is 0 Å². The fourth-order valence-corrected chi connectivity index (χ4v) is 5.64. The van der Waals surface area contributed by atoms with Crippen LogP contribution in [0.2, 0.25) is 0 Å². The molecule has 2 aliphatic rings. The van der Waals surface area contributed by atoms with Gasteiger partial charge in [-0.25, -0.2) is 13.6 Å². The third-order valence-electron chi connectivity index (χ3n) is 7.62. The normalized spacial score (nSPS) is 19.6. The summed E-state index contributed by atoms with van der Waals surface area (Å²) in [4.78, 5) is 57.7. The monoisotopic (exact) mass is 610 g/mol. The van der Waals surface area contributed by atoms with Gasteiger partial charge in [0.25, 0.3) is 0 Å². The summed E-state index contributed by atoms with van der Waals surface area (Å²) in [5, 5.41) is 2.93. The number of amides is 4. The van der Waals surface area contributed by atoms with Crippen molar-refractivity contribution < 1.29 is 32.7 Å². The Balaban J connectivity index is 1.62. The van der Waals surface area contributed by atoms with Crippen LogP contribution in [0.5, 0.6) is 0 Å². The number of hydrogen-bond donors (Lipinski definition) is 1. The van der Waals surface area contributed by atoms with Crippen LogP contribution in [0.25, 0.3) is 0 Å². The fourth-order valence-electron chi connectivity index (χ4n) is 5.64. The molecule has 3 atom stereocenters. The van der Waals surface area contributed by atoms with E-state index in [0.29, 0.717) is 13.1 Å². The molecule has 0 spiro atoms. The summed E-state index contributed by atoms with van der Waals surface area (Å²) < 4.78 is 33.9. The van der Waals surface area contributed by atoms with Crippen molar-refractivity contribution in [1.29, 1.82) is 0 Å². The summed E-state index contributed by atoms with van der Waals surface area (Å²) in [6.45, 7) is 10.2. The van der Waals surface area contributed by atoms with Crippen LogP contribution in [-0.2, 0) is 32.1 Å². The third-order valence-corrected chi connectivity index (χ3v) is 7.62. The summed E-state index contributed by atoms with van der Waals surface area (Å²) in [6.07, 6.45) is 0.879. The molecule has 11 heteroatoms. The molecule has 0 aliphatic carbocycles. The first-order chi connectivity index (χ1) is 20.8. The van der Waals surface area contributed by atoms with Crippen LogP contribution in [0.1, 0.15) is 44.7 Å². The number of rotatable bonds is 10. The number of halogens is 2. The maximum Gasteiger partial charge on any atom is 0.411 e. The van der Waals surface area contributed by atoms with Gasteiger partial charge in [-0.15, -0.1) is 6.58 Å². The number of nitrogens with one attached hydrogen (secondary N) is 1. The highest BCUT2D eigenvalue weighted by Crippen LogP contribution is 2.24. The summed E-state index contributed by atoms with van der Waals surface area (Å²) in [6, 6.07) is 10.7. The van der Waals surface area contributed by atoms with Crippen LogP contribution in [-0.4, -0.2) is 82.4 Å². The second kappa shape index (κ2) is 14.0. The van der Waals surface area contributed by atoms with Crippen molar-refractivity contribution >= 4 is 23.8 Å². The van der Waals surface area contributed by atoms with Gasteiger partial charge >= 0.3 is 6.09 Å². The molecule has 4 amide bonds. The number of carbonyl (C=O) groups is 4. The van der Waals surface area contributed by atoms with Crippen molar-refractivity contribution in [3.8, 4) is 0 Å². The van der Waals surface area contributed by atoms with E-state index in [4.69, 9.17) is 4.74 Å². The Labute approximate surface area is 256 Å². The van der Waals surface area contributed by atoms with Gasteiger partial charge in [0.2, 0.25) is 17.7 Å². The minimum atomic E-state index is -1.02. The summed E-state index contributed by atoms with van der Waals surface area (Å²) in [7, 11) is 0. The molecule has 2 aromatic carbocycles. The second-order valence-corrected chi connectivity index (χ2v) is 12.3. The maximum absolute atomic E-state index is 14.1. The molecule has 1 N–H and O–H groups in total. The van der Waals surface area contributed by atoms with Crippen molar-refractivity contribution in [3.05, 3.63) is 83.9 Å². The number of benzene rings is 2. The number of piperazine rings is 1. The van der Waals surface area contributed by atoms with Crippen molar-refractivity contribution in [1.82, 2.24) is 20.0 Å². The highest BCUT2D eigenvalue weighted by molar-refractivity contribution is 5.90. The number of likely N-dealkylation sites (tertiary alicyclic amines) is 1. The van der Waals surface area contributed by atoms with E-state index in [9.17, 15) is 28.0 Å².